The first-order valence-electron chi connectivity index (χ1n) is 6.46. The van der Waals surface area contributed by atoms with E-state index >= 15 is 0 Å². The summed E-state index contributed by atoms with van der Waals surface area (Å²) in [5.41, 5.74) is 0.947. The van der Waals surface area contributed by atoms with Crippen LogP contribution >= 0.6 is 27.5 Å². The van der Waals surface area contributed by atoms with E-state index in [0.717, 1.165) is 12.0 Å². The normalized spacial score (nSPS) is 12.0. The molecule has 1 heterocycles. The van der Waals surface area contributed by atoms with Gasteiger partial charge in [-0.15, -0.1) is 0 Å². The number of nitrogens with one attached hydrogen (secondary N) is 2. The van der Waals surface area contributed by atoms with Gasteiger partial charge in [-0.3, -0.25) is 9.89 Å². The molecule has 2 rings (SSSR count). The van der Waals surface area contributed by atoms with Crippen LogP contribution in [0, 0.1) is 0 Å². The Kier molecular flexibility index (Phi) is 5.25. The maximum Gasteiger partial charge on any atom is 0.266 e. The predicted molar refractivity (Wildman–Crippen MR) is 85.8 cm³/mol. The van der Waals surface area contributed by atoms with Gasteiger partial charge in [-0.05, 0) is 47.5 Å². The van der Waals surface area contributed by atoms with Gasteiger partial charge in [0.25, 0.3) is 5.91 Å². The molecule has 0 aliphatic heterocycles. The first-order chi connectivity index (χ1) is 10.0. The monoisotopic (exact) mass is 371 g/mol. The number of rotatable bonds is 5. The zero-order valence-corrected chi connectivity index (χ0v) is 14.0. The second-order valence-corrected chi connectivity index (χ2v) is 5.74. The highest BCUT2D eigenvalue weighted by Crippen LogP contribution is 2.28. The Morgan fingerprint density at radius 1 is 1.57 bits per heavy atom. The molecule has 2 aromatic rings. The van der Waals surface area contributed by atoms with Crippen LogP contribution in [0.15, 0.2) is 28.9 Å². The van der Waals surface area contributed by atoms with Gasteiger partial charge in [-0.1, -0.05) is 18.5 Å². The number of ether oxygens (including phenoxy) is 1. The summed E-state index contributed by atoms with van der Waals surface area (Å²) in [7, 11) is 0. The fraction of sp³-hybridized carbons (Fsp3) is 0.286. The summed E-state index contributed by atoms with van der Waals surface area (Å²) in [6.45, 7) is 3.67. The van der Waals surface area contributed by atoms with Crippen molar-refractivity contribution in [3.8, 4) is 5.75 Å². The molecule has 0 aliphatic rings. The summed E-state index contributed by atoms with van der Waals surface area (Å²) in [5, 5.41) is 10.0. The fourth-order valence-electron chi connectivity index (χ4n) is 1.73. The van der Waals surface area contributed by atoms with Crippen LogP contribution in [0.4, 0.5) is 5.82 Å². The van der Waals surface area contributed by atoms with E-state index in [1.807, 2.05) is 6.92 Å². The number of aromatic nitrogens is 2. The van der Waals surface area contributed by atoms with E-state index in [-0.39, 0.29) is 5.91 Å². The lowest BCUT2D eigenvalue weighted by Gasteiger charge is -2.15. The van der Waals surface area contributed by atoms with Crippen molar-refractivity contribution in [3.05, 3.63) is 39.5 Å². The molecule has 0 radical (unpaired) electrons. The van der Waals surface area contributed by atoms with Crippen LogP contribution in [0.3, 0.4) is 0 Å². The number of hydrogen-bond donors (Lipinski definition) is 2. The van der Waals surface area contributed by atoms with Gasteiger partial charge in [0.05, 0.1) is 10.7 Å². The molecular formula is C14H15BrClN3O2. The number of aryl methyl sites for hydroxylation is 1. The first kappa shape index (κ1) is 15.9. The Labute approximate surface area is 136 Å². The Hall–Kier alpha value is -1.53. The molecule has 0 aliphatic carbocycles. The number of hydrogen-bond acceptors (Lipinski definition) is 3. The van der Waals surface area contributed by atoms with E-state index in [2.05, 4.69) is 31.4 Å². The Morgan fingerprint density at radius 2 is 2.33 bits per heavy atom. The largest absolute Gasteiger partial charge is 0.480 e. The van der Waals surface area contributed by atoms with Gasteiger partial charge < -0.3 is 10.1 Å². The zero-order chi connectivity index (χ0) is 15.4. The summed E-state index contributed by atoms with van der Waals surface area (Å²) in [5.74, 6) is 0.909. The number of carbonyl (C=O) groups is 1. The van der Waals surface area contributed by atoms with E-state index in [1.165, 1.54) is 0 Å². The van der Waals surface area contributed by atoms with Gasteiger partial charge in [0.1, 0.15) is 11.6 Å². The molecule has 5 nitrogen and oxygen atoms in total. The van der Waals surface area contributed by atoms with Crippen LogP contribution in [-0.4, -0.2) is 22.2 Å². The average molecular weight is 373 g/mol. The second kappa shape index (κ2) is 6.95. The van der Waals surface area contributed by atoms with Crippen molar-refractivity contribution in [2.45, 2.75) is 26.4 Å². The summed E-state index contributed by atoms with van der Waals surface area (Å²) >= 11 is 9.22. The van der Waals surface area contributed by atoms with Crippen molar-refractivity contribution in [1.82, 2.24) is 10.2 Å². The number of anilines is 1. The van der Waals surface area contributed by atoms with Crippen molar-refractivity contribution >= 4 is 39.3 Å². The molecule has 2 N–H and O–H groups in total. The molecule has 0 spiro atoms. The van der Waals surface area contributed by atoms with Gasteiger partial charge in [0.2, 0.25) is 0 Å². The smallest absolute Gasteiger partial charge is 0.266 e. The third-order valence-electron chi connectivity index (χ3n) is 2.91. The number of amides is 1. The van der Waals surface area contributed by atoms with Crippen molar-refractivity contribution in [1.29, 1.82) is 0 Å². The second-order valence-electron chi connectivity index (χ2n) is 4.45. The van der Waals surface area contributed by atoms with Gasteiger partial charge in [0.15, 0.2) is 6.10 Å². The van der Waals surface area contributed by atoms with Gasteiger partial charge >= 0.3 is 0 Å². The van der Waals surface area contributed by atoms with Gasteiger partial charge in [0, 0.05) is 10.6 Å². The third-order valence-corrected chi connectivity index (χ3v) is 3.77. The molecule has 1 atom stereocenters. The van der Waals surface area contributed by atoms with Crippen LogP contribution in [0.2, 0.25) is 5.02 Å². The van der Waals surface area contributed by atoms with E-state index in [4.69, 9.17) is 16.3 Å². The van der Waals surface area contributed by atoms with Gasteiger partial charge in [-0.2, -0.15) is 5.10 Å². The van der Waals surface area contributed by atoms with Crippen LogP contribution in [-0.2, 0) is 11.2 Å². The number of H-pyrrole nitrogens is 1. The van der Waals surface area contributed by atoms with E-state index in [0.29, 0.717) is 21.1 Å². The highest BCUT2D eigenvalue weighted by Gasteiger charge is 2.18. The molecule has 1 unspecified atom stereocenters. The zero-order valence-electron chi connectivity index (χ0n) is 11.6. The number of carbonyl (C=O) groups excluding carboxylic acids is 1. The lowest BCUT2D eigenvalue weighted by Crippen LogP contribution is -2.30. The first-order valence-corrected chi connectivity index (χ1v) is 7.63. The maximum absolute atomic E-state index is 12.1. The lowest BCUT2D eigenvalue weighted by atomic mass is 10.2. The standard InChI is InChI=1S/C14H15BrClN3O2/c1-3-9-7-17-19-13(9)18-14(20)8(2)21-12-5-4-10(16)6-11(12)15/h4-8H,3H2,1-2H3,(H2,17,18,19,20). The van der Waals surface area contributed by atoms with Crippen molar-refractivity contribution in [3.63, 3.8) is 0 Å². The highest BCUT2D eigenvalue weighted by atomic mass is 79.9. The summed E-state index contributed by atoms with van der Waals surface area (Å²) < 4.78 is 6.33. The molecule has 0 bridgehead atoms. The molecule has 0 fully saturated rings. The van der Waals surface area contributed by atoms with Gasteiger partial charge in [-0.25, -0.2) is 0 Å². The Balaban J connectivity index is 2.02. The molecule has 0 saturated carbocycles. The Morgan fingerprint density at radius 3 is 3.00 bits per heavy atom. The average Bonchev–Trinajstić information content (AvgIpc) is 2.89. The molecule has 21 heavy (non-hydrogen) atoms. The number of benzene rings is 1. The topological polar surface area (TPSA) is 67.0 Å². The number of halogens is 2. The van der Waals surface area contributed by atoms with E-state index in [9.17, 15) is 4.79 Å². The van der Waals surface area contributed by atoms with Crippen LogP contribution < -0.4 is 10.1 Å². The van der Waals surface area contributed by atoms with Crippen molar-refractivity contribution in [2.75, 3.05) is 5.32 Å². The van der Waals surface area contributed by atoms with Crippen molar-refractivity contribution < 1.29 is 9.53 Å². The minimum atomic E-state index is -0.657. The Bertz CT molecular complexity index is 645. The van der Waals surface area contributed by atoms with Crippen LogP contribution in [0.1, 0.15) is 19.4 Å². The molecule has 0 saturated heterocycles. The number of nitrogens with zero attached hydrogens (tertiary/aromatic N) is 1. The SMILES string of the molecule is CCc1cn[nH]c1NC(=O)C(C)Oc1ccc(Cl)cc1Br. The summed E-state index contributed by atoms with van der Waals surface area (Å²) in [6, 6.07) is 5.13. The molecule has 112 valence electrons. The summed E-state index contributed by atoms with van der Waals surface area (Å²) in [6.07, 6.45) is 1.82. The summed E-state index contributed by atoms with van der Waals surface area (Å²) in [4.78, 5) is 12.1. The highest BCUT2D eigenvalue weighted by molar-refractivity contribution is 9.10. The van der Waals surface area contributed by atoms with Crippen molar-refractivity contribution in [2.24, 2.45) is 0 Å². The fourth-order valence-corrected chi connectivity index (χ4v) is 2.50. The molecule has 1 aromatic heterocycles. The maximum atomic E-state index is 12.1. The molecule has 1 amide bonds. The predicted octanol–water partition coefficient (Wildman–Crippen LogP) is 3.79. The minimum Gasteiger partial charge on any atom is -0.480 e. The number of aromatic amines is 1. The minimum absolute atomic E-state index is 0.254. The van der Waals surface area contributed by atoms with Crippen LogP contribution in [0.25, 0.3) is 0 Å². The molecule has 7 heteroatoms. The van der Waals surface area contributed by atoms with E-state index < -0.39 is 6.10 Å². The quantitative estimate of drug-likeness (QED) is 0.839. The molecule has 1 aromatic carbocycles. The lowest BCUT2D eigenvalue weighted by molar-refractivity contribution is -0.122. The third kappa shape index (κ3) is 3.98. The van der Waals surface area contributed by atoms with Crippen LogP contribution in [0.5, 0.6) is 5.75 Å². The van der Waals surface area contributed by atoms with E-state index in [1.54, 1.807) is 31.3 Å². The molecular weight excluding hydrogens is 358 g/mol.